The highest BCUT2D eigenvalue weighted by atomic mass is 16.3. The third-order valence-corrected chi connectivity index (χ3v) is 2.69. The minimum absolute atomic E-state index is 0.230. The molecule has 0 aromatic rings. The maximum Gasteiger partial charge on any atom is 0.245 e. The van der Waals surface area contributed by atoms with Gasteiger partial charge in [-0.15, -0.1) is 0 Å². The summed E-state index contributed by atoms with van der Waals surface area (Å²) < 4.78 is 0. The van der Waals surface area contributed by atoms with Crippen LogP contribution < -0.4 is 16.0 Å². The first-order valence-corrected chi connectivity index (χ1v) is 5.49. The van der Waals surface area contributed by atoms with E-state index in [1.165, 1.54) is 14.0 Å². The highest BCUT2D eigenvalue weighted by Gasteiger charge is 2.29. The first-order valence-electron chi connectivity index (χ1n) is 5.49. The molecule has 2 amide bonds. The van der Waals surface area contributed by atoms with Crippen molar-refractivity contribution in [2.45, 2.75) is 38.0 Å². The first kappa shape index (κ1) is 12.9. The van der Waals surface area contributed by atoms with E-state index in [-0.39, 0.29) is 17.9 Å². The highest BCUT2D eigenvalue weighted by Crippen LogP contribution is 2.05. The van der Waals surface area contributed by atoms with Gasteiger partial charge in [0.1, 0.15) is 6.04 Å². The summed E-state index contributed by atoms with van der Waals surface area (Å²) in [6.07, 6.45) is 0.814. The molecule has 1 aliphatic rings. The zero-order valence-corrected chi connectivity index (χ0v) is 9.62. The Hall–Kier alpha value is -1.14. The smallest absolute Gasteiger partial charge is 0.245 e. The standard InChI is InChI=1S/C10H19N3O3/c1-6(14)8(10(16)11-2)13-9(15)7-4-3-5-12-7/h6-8,12,14H,3-5H2,1-2H3,(H,11,16)(H,13,15). The molecule has 6 nitrogen and oxygen atoms in total. The van der Waals surface area contributed by atoms with E-state index in [1.54, 1.807) is 0 Å². The number of hydrogen-bond acceptors (Lipinski definition) is 4. The van der Waals surface area contributed by atoms with Crippen molar-refractivity contribution in [1.82, 2.24) is 16.0 Å². The molecule has 0 spiro atoms. The Kier molecular flexibility index (Phi) is 4.70. The van der Waals surface area contributed by atoms with Crippen molar-refractivity contribution in [2.75, 3.05) is 13.6 Å². The minimum atomic E-state index is -0.912. The van der Waals surface area contributed by atoms with E-state index in [1.807, 2.05) is 0 Å². The first-order chi connectivity index (χ1) is 7.56. The summed E-state index contributed by atoms with van der Waals surface area (Å²) in [6, 6.07) is -1.13. The quantitative estimate of drug-likeness (QED) is 0.465. The largest absolute Gasteiger partial charge is 0.391 e. The van der Waals surface area contributed by atoms with Crippen LogP contribution in [-0.2, 0) is 9.59 Å². The van der Waals surface area contributed by atoms with Gasteiger partial charge in [0.05, 0.1) is 12.1 Å². The van der Waals surface area contributed by atoms with Crippen LogP contribution in [0.5, 0.6) is 0 Å². The molecule has 0 bridgehead atoms. The van der Waals surface area contributed by atoms with Gasteiger partial charge in [-0.1, -0.05) is 0 Å². The van der Waals surface area contributed by atoms with Gasteiger partial charge in [0.15, 0.2) is 0 Å². The molecule has 0 aliphatic carbocycles. The highest BCUT2D eigenvalue weighted by molar-refractivity contribution is 5.90. The monoisotopic (exact) mass is 229 g/mol. The van der Waals surface area contributed by atoms with Gasteiger partial charge in [-0.05, 0) is 26.3 Å². The molecule has 6 heteroatoms. The van der Waals surface area contributed by atoms with Crippen LogP contribution >= 0.6 is 0 Å². The van der Waals surface area contributed by atoms with Crippen molar-refractivity contribution in [3.63, 3.8) is 0 Å². The molecule has 4 N–H and O–H groups in total. The second kappa shape index (κ2) is 5.81. The number of aliphatic hydroxyl groups is 1. The van der Waals surface area contributed by atoms with E-state index >= 15 is 0 Å². The molecule has 1 heterocycles. The zero-order valence-electron chi connectivity index (χ0n) is 9.62. The predicted molar refractivity (Wildman–Crippen MR) is 58.7 cm³/mol. The number of rotatable bonds is 4. The van der Waals surface area contributed by atoms with E-state index in [2.05, 4.69) is 16.0 Å². The van der Waals surface area contributed by atoms with Crippen LogP contribution in [0.1, 0.15) is 19.8 Å². The van der Waals surface area contributed by atoms with Crippen molar-refractivity contribution >= 4 is 11.8 Å². The van der Waals surface area contributed by atoms with Crippen LogP contribution in [0.2, 0.25) is 0 Å². The number of hydrogen-bond donors (Lipinski definition) is 4. The molecular formula is C10H19N3O3. The fraction of sp³-hybridized carbons (Fsp3) is 0.800. The molecule has 16 heavy (non-hydrogen) atoms. The second-order valence-corrected chi connectivity index (χ2v) is 3.99. The van der Waals surface area contributed by atoms with Gasteiger partial charge >= 0.3 is 0 Å². The van der Waals surface area contributed by atoms with Crippen molar-refractivity contribution in [3.8, 4) is 0 Å². The maximum atomic E-state index is 11.7. The minimum Gasteiger partial charge on any atom is -0.391 e. The summed E-state index contributed by atoms with van der Waals surface area (Å²) in [6.45, 7) is 2.29. The number of likely N-dealkylation sites (N-methyl/N-ethyl adjacent to an activating group) is 1. The summed E-state index contributed by atoms with van der Waals surface area (Å²) >= 11 is 0. The molecule has 0 saturated carbocycles. The van der Waals surface area contributed by atoms with Gasteiger partial charge in [-0.2, -0.15) is 0 Å². The second-order valence-electron chi connectivity index (χ2n) is 3.99. The fourth-order valence-corrected chi connectivity index (χ4v) is 1.72. The van der Waals surface area contributed by atoms with Crippen molar-refractivity contribution in [2.24, 2.45) is 0 Å². The third kappa shape index (κ3) is 3.18. The number of nitrogens with one attached hydrogen (secondary N) is 3. The van der Waals surface area contributed by atoms with Crippen molar-refractivity contribution in [1.29, 1.82) is 0 Å². The topological polar surface area (TPSA) is 90.5 Å². The number of carbonyl (C=O) groups excluding carboxylic acids is 2. The van der Waals surface area contributed by atoms with E-state index < -0.39 is 12.1 Å². The lowest BCUT2D eigenvalue weighted by atomic mass is 10.1. The summed E-state index contributed by atoms with van der Waals surface area (Å²) in [5.41, 5.74) is 0. The van der Waals surface area contributed by atoms with E-state index in [0.717, 1.165) is 19.4 Å². The Morgan fingerprint density at radius 1 is 1.50 bits per heavy atom. The molecule has 1 rings (SSSR count). The lowest BCUT2D eigenvalue weighted by Gasteiger charge is -2.21. The van der Waals surface area contributed by atoms with E-state index in [4.69, 9.17) is 0 Å². The summed E-state index contributed by atoms with van der Waals surface area (Å²) in [4.78, 5) is 23.1. The maximum absolute atomic E-state index is 11.7. The summed E-state index contributed by atoms with van der Waals surface area (Å²) in [5.74, 6) is -0.617. The molecule has 0 radical (unpaired) electrons. The lowest BCUT2D eigenvalue weighted by Crippen LogP contribution is -2.55. The Morgan fingerprint density at radius 3 is 2.62 bits per heavy atom. The van der Waals surface area contributed by atoms with Crippen LogP contribution in [0.15, 0.2) is 0 Å². The molecular weight excluding hydrogens is 210 g/mol. The number of carbonyl (C=O) groups is 2. The van der Waals surface area contributed by atoms with Crippen LogP contribution in [-0.4, -0.2) is 48.7 Å². The van der Waals surface area contributed by atoms with Gasteiger partial charge in [-0.3, -0.25) is 9.59 Å². The summed E-state index contributed by atoms with van der Waals surface area (Å²) in [7, 11) is 1.47. The lowest BCUT2D eigenvalue weighted by molar-refractivity contribution is -0.132. The van der Waals surface area contributed by atoms with Crippen molar-refractivity contribution < 1.29 is 14.7 Å². The van der Waals surface area contributed by atoms with Crippen molar-refractivity contribution in [3.05, 3.63) is 0 Å². The van der Waals surface area contributed by atoms with E-state index in [9.17, 15) is 14.7 Å². The van der Waals surface area contributed by atoms with Gasteiger partial charge in [0, 0.05) is 7.05 Å². The Bertz CT molecular complexity index is 262. The SMILES string of the molecule is CNC(=O)C(NC(=O)C1CCCN1)C(C)O. The van der Waals surface area contributed by atoms with Gasteiger partial charge in [-0.25, -0.2) is 0 Å². The average molecular weight is 229 g/mol. The fourth-order valence-electron chi connectivity index (χ4n) is 1.72. The molecule has 1 aliphatic heterocycles. The van der Waals surface area contributed by atoms with Gasteiger partial charge in [0.2, 0.25) is 11.8 Å². The van der Waals surface area contributed by atoms with Crippen LogP contribution in [0.4, 0.5) is 0 Å². The average Bonchev–Trinajstić information content (AvgIpc) is 2.77. The van der Waals surface area contributed by atoms with Crippen LogP contribution in [0, 0.1) is 0 Å². The molecule has 92 valence electrons. The predicted octanol–water partition coefficient (Wildman–Crippen LogP) is -1.65. The Morgan fingerprint density at radius 2 is 2.19 bits per heavy atom. The number of aliphatic hydroxyl groups excluding tert-OH is 1. The Labute approximate surface area is 94.8 Å². The van der Waals surface area contributed by atoms with Crippen LogP contribution in [0.3, 0.4) is 0 Å². The third-order valence-electron chi connectivity index (χ3n) is 2.69. The molecule has 0 aromatic heterocycles. The molecule has 1 fully saturated rings. The number of amides is 2. The van der Waals surface area contributed by atoms with Gasteiger partial charge in [0.25, 0.3) is 0 Å². The molecule has 0 aromatic carbocycles. The molecule has 3 unspecified atom stereocenters. The zero-order chi connectivity index (χ0) is 12.1. The van der Waals surface area contributed by atoms with Crippen LogP contribution in [0.25, 0.3) is 0 Å². The normalized spacial score (nSPS) is 23.6. The Balaban J connectivity index is 2.53. The molecule has 1 saturated heterocycles. The molecule has 3 atom stereocenters. The van der Waals surface area contributed by atoms with Gasteiger partial charge < -0.3 is 21.1 Å². The van der Waals surface area contributed by atoms with E-state index in [0.29, 0.717) is 0 Å². The summed E-state index contributed by atoms with van der Waals surface area (Å²) in [5, 5.41) is 17.4.